The Morgan fingerprint density at radius 3 is 2.38 bits per heavy atom. The van der Waals surface area contributed by atoms with Crippen molar-refractivity contribution in [3.05, 3.63) is 23.8 Å². The second kappa shape index (κ2) is 18.0. The molecule has 1 heterocycles. The maximum atomic E-state index is 14.7. The molecule has 0 aliphatic carbocycles. The molecule has 0 radical (unpaired) electrons. The van der Waals surface area contributed by atoms with Gasteiger partial charge in [0.1, 0.15) is 0 Å². The Morgan fingerprint density at radius 2 is 1.79 bits per heavy atom. The van der Waals surface area contributed by atoms with Crippen molar-refractivity contribution < 1.29 is 37.6 Å². The van der Waals surface area contributed by atoms with E-state index in [9.17, 15) is 18.7 Å². The summed E-state index contributed by atoms with van der Waals surface area (Å²) < 4.78 is 51.1. The van der Waals surface area contributed by atoms with E-state index in [1.54, 1.807) is 14.2 Å². The zero-order valence-electron chi connectivity index (χ0n) is 26.4. The average Bonchev–Trinajstić information content (AvgIpc) is 2.96. The first kappa shape index (κ1) is 36.2. The summed E-state index contributed by atoms with van der Waals surface area (Å²) in [5.74, 6) is -3.28. The molecule has 0 unspecified atom stereocenters. The third-order valence-corrected chi connectivity index (χ3v) is 8.44. The predicted molar refractivity (Wildman–Crippen MR) is 160 cm³/mol. The summed E-state index contributed by atoms with van der Waals surface area (Å²) in [6.45, 7) is 8.99. The van der Waals surface area contributed by atoms with E-state index in [4.69, 9.17) is 24.7 Å². The van der Waals surface area contributed by atoms with Gasteiger partial charge in [0.15, 0.2) is 11.5 Å². The van der Waals surface area contributed by atoms with Crippen LogP contribution in [-0.2, 0) is 20.7 Å². The number of methoxy groups -OCH3 is 2. The lowest BCUT2D eigenvalue weighted by Gasteiger charge is -2.32. The number of hydrogen-bond donors (Lipinski definition) is 3. The Balaban J connectivity index is 1.99. The summed E-state index contributed by atoms with van der Waals surface area (Å²) in [7, 11) is 3.26. The number of alkyl halides is 2. The quantitative estimate of drug-likeness (QED) is 0.195. The van der Waals surface area contributed by atoms with Gasteiger partial charge in [-0.15, -0.1) is 0 Å². The highest BCUT2D eigenvalue weighted by Crippen LogP contribution is 2.33. The number of nitrogens with two attached hydrogens (primary N) is 1. The first-order valence-corrected chi connectivity index (χ1v) is 15.3. The lowest BCUT2D eigenvalue weighted by molar-refractivity contribution is -0.133. The summed E-state index contributed by atoms with van der Waals surface area (Å²) in [4.78, 5) is 13.0. The van der Waals surface area contributed by atoms with Crippen molar-refractivity contribution in [2.75, 3.05) is 47.2 Å². The van der Waals surface area contributed by atoms with E-state index in [1.165, 1.54) is 0 Å². The number of hydrogen-bond acceptors (Lipinski definition) is 7. The Bertz CT molecular complexity index is 926. The summed E-state index contributed by atoms with van der Waals surface area (Å²) in [6, 6.07) is 5.31. The standard InChI is InChI=1S/C32H54F2N2O6/c1-21(2)24(16-23-8-9-29(40-6)30(17-23)42-13-7-12-39-5)18-27(35)28(37)19-26(22(3)4)31(38)36-20-32(33,34)25-10-14-41-15-11-25/h8-9,17,21-22,24-28,37H,7,10-16,18-20,35H2,1-6H3,(H,36,38)/t24-,26-,27-,28-/m0/s1. The predicted octanol–water partition coefficient (Wildman–Crippen LogP) is 4.84. The topological polar surface area (TPSA) is 112 Å². The van der Waals surface area contributed by atoms with Crippen molar-refractivity contribution in [3.63, 3.8) is 0 Å². The molecule has 1 aliphatic heterocycles. The highest BCUT2D eigenvalue weighted by atomic mass is 19.3. The number of amides is 1. The van der Waals surface area contributed by atoms with Crippen LogP contribution in [0.5, 0.6) is 11.5 Å². The zero-order chi connectivity index (χ0) is 31.3. The van der Waals surface area contributed by atoms with Crippen LogP contribution in [0.3, 0.4) is 0 Å². The second-order valence-corrected chi connectivity index (χ2v) is 12.3. The van der Waals surface area contributed by atoms with Crippen molar-refractivity contribution in [1.29, 1.82) is 0 Å². The summed E-state index contributed by atoms with van der Waals surface area (Å²) in [6.07, 6.45) is 1.76. The fraction of sp³-hybridized carbons (Fsp3) is 0.781. The van der Waals surface area contributed by atoms with Crippen LogP contribution >= 0.6 is 0 Å². The van der Waals surface area contributed by atoms with Crippen molar-refractivity contribution in [3.8, 4) is 11.5 Å². The number of nitrogens with one attached hydrogen (secondary N) is 1. The molecule has 242 valence electrons. The minimum atomic E-state index is -3.00. The second-order valence-electron chi connectivity index (χ2n) is 12.3. The molecule has 2 rings (SSSR count). The van der Waals surface area contributed by atoms with Crippen molar-refractivity contribution in [2.24, 2.45) is 35.3 Å². The van der Waals surface area contributed by atoms with Gasteiger partial charge < -0.3 is 35.1 Å². The molecule has 8 nitrogen and oxygen atoms in total. The van der Waals surface area contributed by atoms with Crippen LogP contribution in [0.1, 0.15) is 65.4 Å². The number of halogens is 2. The first-order chi connectivity index (χ1) is 19.9. The molecular weight excluding hydrogens is 546 g/mol. The van der Waals surface area contributed by atoms with Gasteiger partial charge in [-0.1, -0.05) is 33.8 Å². The molecule has 1 saturated heterocycles. The van der Waals surface area contributed by atoms with Gasteiger partial charge in [0.2, 0.25) is 5.91 Å². The van der Waals surface area contributed by atoms with Gasteiger partial charge in [-0.3, -0.25) is 4.79 Å². The van der Waals surface area contributed by atoms with Crippen molar-refractivity contribution >= 4 is 5.91 Å². The Kier molecular flexibility index (Phi) is 15.5. The van der Waals surface area contributed by atoms with Gasteiger partial charge in [0.05, 0.1) is 26.4 Å². The van der Waals surface area contributed by atoms with E-state index in [-0.39, 0.29) is 37.0 Å². The molecule has 0 spiro atoms. The van der Waals surface area contributed by atoms with E-state index >= 15 is 0 Å². The maximum Gasteiger partial charge on any atom is 0.268 e. The lowest BCUT2D eigenvalue weighted by atomic mass is 9.80. The normalized spacial score (nSPS) is 17.6. The van der Waals surface area contributed by atoms with Gasteiger partial charge in [0.25, 0.3) is 5.92 Å². The van der Waals surface area contributed by atoms with Gasteiger partial charge in [0, 0.05) is 51.2 Å². The Morgan fingerprint density at radius 1 is 1.10 bits per heavy atom. The molecular formula is C32H54F2N2O6. The van der Waals surface area contributed by atoms with Crippen molar-refractivity contribution in [1.82, 2.24) is 5.32 Å². The van der Waals surface area contributed by atoms with E-state index < -0.39 is 42.4 Å². The van der Waals surface area contributed by atoms with E-state index in [2.05, 4.69) is 19.2 Å². The highest BCUT2D eigenvalue weighted by molar-refractivity contribution is 5.79. The maximum absolute atomic E-state index is 14.7. The smallest absolute Gasteiger partial charge is 0.268 e. The first-order valence-electron chi connectivity index (χ1n) is 15.3. The van der Waals surface area contributed by atoms with Crippen LogP contribution in [0.4, 0.5) is 8.78 Å². The van der Waals surface area contributed by atoms with Crippen molar-refractivity contribution in [2.45, 2.75) is 84.3 Å². The van der Waals surface area contributed by atoms with Crippen LogP contribution in [0, 0.1) is 29.6 Å². The molecule has 10 heteroatoms. The summed E-state index contributed by atoms with van der Waals surface area (Å²) >= 11 is 0. The molecule has 1 amide bonds. The monoisotopic (exact) mass is 600 g/mol. The molecule has 1 fully saturated rings. The molecule has 4 N–H and O–H groups in total. The molecule has 42 heavy (non-hydrogen) atoms. The number of carbonyl (C=O) groups is 1. The number of rotatable bonds is 19. The lowest BCUT2D eigenvalue weighted by Crippen LogP contribution is -2.47. The number of benzene rings is 1. The number of carbonyl (C=O) groups excluding carboxylic acids is 1. The fourth-order valence-electron chi connectivity index (χ4n) is 5.46. The van der Waals surface area contributed by atoms with Gasteiger partial charge in [-0.05, 0) is 67.6 Å². The average molecular weight is 601 g/mol. The minimum absolute atomic E-state index is 0.111. The van der Waals surface area contributed by atoms with Crippen LogP contribution in [-0.4, -0.2) is 76.3 Å². The molecule has 1 aromatic carbocycles. The minimum Gasteiger partial charge on any atom is -0.493 e. The molecule has 0 bridgehead atoms. The third-order valence-electron chi connectivity index (χ3n) is 8.44. The van der Waals surface area contributed by atoms with Crippen LogP contribution in [0.25, 0.3) is 0 Å². The summed E-state index contributed by atoms with van der Waals surface area (Å²) in [5.41, 5.74) is 7.57. The summed E-state index contributed by atoms with van der Waals surface area (Å²) in [5, 5.41) is 13.5. The Labute approximate surface area is 251 Å². The van der Waals surface area contributed by atoms with Gasteiger partial charge >= 0.3 is 0 Å². The zero-order valence-corrected chi connectivity index (χ0v) is 26.4. The number of aliphatic hydroxyl groups is 1. The van der Waals surface area contributed by atoms with Gasteiger partial charge in [-0.25, -0.2) is 8.78 Å². The molecule has 4 atom stereocenters. The van der Waals surface area contributed by atoms with Crippen LogP contribution in [0.2, 0.25) is 0 Å². The van der Waals surface area contributed by atoms with E-state index in [0.717, 1.165) is 18.4 Å². The third kappa shape index (κ3) is 11.6. The molecule has 1 aliphatic rings. The van der Waals surface area contributed by atoms with Crippen LogP contribution < -0.4 is 20.5 Å². The van der Waals surface area contributed by atoms with E-state index in [1.807, 2.05) is 32.0 Å². The molecule has 0 aromatic heterocycles. The fourth-order valence-corrected chi connectivity index (χ4v) is 5.46. The Hall–Kier alpha value is -2.01. The van der Waals surface area contributed by atoms with Crippen LogP contribution in [0.15, 0.2) is 18.2 Å². The number of ether oxygens (including phenoxy) is 4. The largest absolute Gasteiger partial charge is 0.493 e. The SMILES string of the molecule is COCCCOc1cc(C[C@@H](C[C@H](N)[C@@H](O)C[C@H](C(=O)NCC(F)(F)C2CCOCC2)C(C)C)C(C)C)ccc1OC. The number of aliphatic hydroxyl groups excluding tert-OH is 1. The highest BCUT2D eigenvalue weighted by Gasteiger charge is 2.41. The molecule has 1 aromatic rings. The van der Waals surface area contributed by atoms with Gasteiger partial charge in [-0.2, -0.15) is 0 Å². The van der Waals surface area contributed by atoms with E-state index in [0.29, 0.717) is 44.3 Å². The molecule has 0 saturated carbocycles.